The van der Waals surface area contributed by atoms with Gasteiger partial charge in [-0.05, 0) is 36.8 Å². The Balaban J connectivity index is 2.15. The van der Waals surface area contributed by atoms with Crippen molar-refractivity contribution in [2.24, 2.45) is 0 Å². The molecule has 2 aromatic rings. The Morgan fingerprint density at radius 2 is 1.89 bits per heavy atom. The smallest absolute Gasteiger partial charge is 0.339 e. The van der Waals surface area contributed by atoms with Crippen molar-refractivity contribution in [2.75, 3.05) is 0 Å². The largest absolute Gasteiger partial charge is 0.488 e. The number of carbonyl (C=O) groups is 1. The molecule has 19 heavy (non-hydrogen) atoms. The van der Waals surface area contributed by atoms with Crippen LogP contribution in [0, 0.1) is 6.92 Å². The number of benzene rings is 2. The molecule has 0 unspecified atom stereocenters. The monoisotopic (exact) mass is 320 g/mol. The second-order valence-corrected chi connectivity index (χ2v) is 5.14. The summed E-state index contributed by atoms with van der Waals surface area (Å²) >= 11 is 3.36. The fourth-order valence-electron chi connectivity index (χ4n) is 1.68. The second-order valence-electron chi connectivity index (χ2n) is 4.22. The first kappa shape index (κ1) is 13.6. The second kappa shape index (κ2) is 5.89. The van der Waals surface area contributed by atoms with Gasteiger partial charge in [0.25, 0.3) is 0 Å². The van der Waals surface area contributed by atoms with Gasteiger partial charge in [0, 0.05) is 4.47 Å². The van der Waals surface area contributed by atoms with E-state index in [1.807, 2.05) is 37.3 Å². The molecule has 0 bridgehead atoms. The molecule has 2 rings (SSSR count). The highest BCUT2D eigenvalue weighted by atomic mass is 79.9. The van der Waals surface area contributed by atoms with Crippen LogP contribution in [0.3, 0.4) is 0 Å². The van der Waals surface area contributed by atoms with Gasteiger partial charge in [0.05, 0.1) is 0 Å². The minimum Gasteiger partial charge on any atom is -0.488 e. The van der Waals surface area contributed by atoms with E-state index in [0.717, 1.165) is 15.6 Å². The Labute approximate surface area is 120 Å². The van der Waals surface area contributed by atoms with Gasteiger partial charge in [-0.3, -0.25) is 0 Å². The lowest BCUT2D eigenvalue weighted by Crippen LogP contribution is -2.03. The molecule has 0 aliphatic heterocycles. The first-order valence-corrected chi connectivity index (χ1v) is 6.57. The van der Waals surface area contributed by atoms with E-state index >= 15 is 0 Å². The van der Waals surface area contributed by atoms with Crippen molar-refractivity contribution in [3.8, 4) is 5.75 Å². The molecule has 0 saturated carbocycles. The molecule has 0 fully saturated rings. The van der Waals surface area contributed by atoms with Crippen molar-refractivity contribution < 1.29 is 14.6 Å². The Kier molecular flexibility index (Phi) is 4.22. The fraction of sp³-hybridized carbons (Fsp3) is 0.133. The predicted molar refractivity (Wildman–Crippen MR) is 76.6 cm³/mol. The quantitative estimate of drug-likeness (QED) is 0.924. The van der Waals surface area contributed by atoms with Crippen molar-refractivity contribution in [1.29, 1.82) is 0 Å². The normalized spacial score (nSPS) is 10.2. The first-order valence-electron chi connectivity index (χ1n) is 5.77. The highest BCUT2D eigenvalue weighted by Gasteiger charge is 2.11. The zero-order chi connectivity index (χ0) is 13.8. The van der Waals surface area contributed by atoms with Crippen molar-refractivity contribution in [2.45, 2.75) is 13.5 Å². The van der Waals surface area contributed by atoms with Crippen molar-refractivity contribution in [1.82, 2.24) is 0 Å². The zero-order valence-electron chi connectivity index (χ0n) is 10.4. The van der Waals surface area contributed by atoms with Gasteiger partial charge in [-0.15, -0.1) is 0 Å². The number of carboxylic acids is 1. The lowest BCUT2D eigenvalue weighted by atomic mass is 10.1. The summed E-state index contributed by atoms with van der Waals surface area (Å²) in [5, 5.41) is 9.14. The number of ether oxygens (including phenoxy) is 1. The van der Waals surface area contributed by atoms with E-state index in [1.54, 1.807) is 12.1 Å². The number of hydrogen-bond donors (Lipinski definition) is 1. The zero-order valence-corrected chi connectivity index (χ0v) is 12.0. The molecule has 1 N–H and O–H groups in total. The number of carboxylic acid groups (broad SMARTS) is 1. The molecule has 98 valence electrons. The van der Waals surface area contributed by atoms with E-state index in [4.69, 9.17) is 9.84 Å². The number of rotatable bonds is 4. The molecule has 0 aliphatic rings. The molecule has 0 heterocycles. The Hall–Kier alpha value is -1.81. The number of halogens is 1. The summed E-state index contributed by atoms with van der Waals surface area (Å²) < 4.78 is 6.58. The SMILES string of the molecule is Cc1ccc(OCc2ccc(Br)cc2)c(C(=O)O)c1. The van der Waals surface area contributed by atoms with Crippen LogP contribution < -0.4 is 4.74 Å². The van der Waals surface area contributed by atoms with Crippen LogP contribution in [0.1, 0.15) is 21.5 Å². The fourth-order valence-corrected chi connectivity index (χ4v) is 1.94. The average Bonchev–Trinajstić information content (AvgIpc) is 2.39. The Morgan fingerprint density at radius 3 is 2.53 bits per heavy atom. The van der Waals surface area contributed by atoms with Gasteiger partial charge in [0.2, 0.25) is 0 Å². The maximum Gasteiger partial charge on any atom is 0.339 e. The maximum absolute atomic E-state index is 11.1. The molecule has 2 aromatic carbocycles. The van der Waals surface area contributed by atoms with Gasteiger partial charge < -0.3 is 9.84 Å². The molecule has 0 aromatic heterocycles. The number of aromatic carboxylic acids is 1. The third-order valence-electron chi connectivity index (χ3n) is 2.67. The summed E-state index contributed by atoms with van der Waals surface area (Å²) in [6, 6.07) is 12.8. The highest BCUT2D eigenvalue weighted by Crippen LogP contribution is 2.21. The molecule has 4 heteroatoms. The summed E-state index contributed by atoms with van der Waals surface area (Å²) in [5.74, 6) is -0.587. The maximum atomic E-state index is 11.1. The van der Waals surface area contributed by atoms with Crippen LogP contribution in [0.15, 0.2) is 46.9 Å². The number of aryl methyl sites for hydroxylation is 1. The van der Waals surface area contributed by atoms with Gasteiger partial charge in [-0.2, -0.15) is 0 Å². The van der Waals surface area contributed by atoms with Gasteiger partial charge in [0.1, 0.15) is 17.9 Å². The van der Waals surface area contributed by atoms with Crippen LogP contribution in [0.5, 0.6) is 5.75 Å². The molecule has 3 nitrogen and oxygen atoms in total. The van der Waals surface area contributed by atoms with E-state index in [1.165, 1.54) is 0 Å². The summed E-state index contributed by atoms with van der Waals surface area (Å²) in [5.41, 5.74) is 2.07. The predicted octanol–water partition coefficient (Wildman–Crippen LogP) is 4.03. The minimum absolute atomic E-state index is 0.192. The van der Waals surface area contributed by atoms with Gasteiger partial charge >= 0.3 is 5.97 Å². The summed E-state index contributed by atoms with van der Waals surface area (Å²) in [6.07, 6.45) is 0. The molecule has 0 spiro atoms. The van der Waals surface area contributed by atoms with Crippen molar-refractivity contribution in [3.05, 3.63) is 63.6 Å². The summed E-state index contributed by atoms with van der Waals surface area (Å²) in [7, 11) is 0. The van der Waals surface area contributed by atoms with E-state index < -0.39 is 5.97 Å². The lowest BCUT2D eigenvalue weighted by Gasteiger charge is -2.10. The Bertz CT molecular complexity index is 591. The van der Waals surface area contributed by atoms with E-state index in [2.05, 4.69) is 15.9 Å². The summed E-state index contributed by atoms with van der Waals surface area (Å²) in [6.45, 7) is 2.20. The van der Waals surface area contributed by atoms with Crippen molar-refractivity contribution >= 4 is 21.9 Å². The van der Waals surface area contributed by atoms with E-state index in [-0.39, 0.29) is 5.56 Å². The van der Waals surface area contributed by atoms with Gasteiger partial charge in [-0.25, -0.2) is 4.79 Å². The van der Waals surface area contributed by atoms with Crippen LogP contribution in [0.25, 0.3) is 0 Å². The average molecular weight is 321 g/mol. The molecule has 0 saturated heterocycles. The lowest BCUT2D eigenvalue weighted by molar-refractivity contribution is 0.0691. The minimum atomic E-state index is -0.977. The van der Waals surface area contributed by atoms with Crippen LogP contribution in [-0.2, 0) is 6.61 Å². The van der Waals surface area contributed by atoms with Crippen LogP contribution in [-0.4, -0.2) is 11.1 Å². The van der Waals surface area contributed by atoms with Crippen LogP contribution >= 0.6 is 15.9 Å². The topological polar surface area (TPSA) is 46.5 Å². The first-order chi connectivity index (χ1) is 9.06. The standard InChI is InChI=1S/C15H13BrO3/c1-10-2-7-14(13(8-10)15(17)18)19-9-11-3-5-12(16)6-4-11/h2-8H,9H2,1H3,(H,17,18). The molecular weight excluding hydrogens is 308 g/mol. The van der Waals surface area contributed by atoms with E-state index in [0.29, 0.717) is 12.4 Å². The van der Waals surface area contributed by atoms with Crippen LogP contribution in [0.4, 0.5) is 0 Å². The molecule has 0 atom stereocenters. The number of hydrogen-bond acceptors (Lipinski definition) is 2. The highest BCUT2D eigenvalue weighted by molar-refractivity contribution is 9.10. The summed E-state index contributed by atoms with van der Waals surface area (Å²) in [4.78, 5) is 11.1. The van der Waals surface area contributed by atoms with Crippen molar-refractivity contribution in [3.63, 3.8) is 0 Å². The van der Waals surface area contributed by atoms with Gasteiger partial charge in [-0.1, -0.05) is 39.7 Å². The Morgan fingerprint density at radius 1 is 1.21 bits per heavy atom. The van der Waals surface area contributed by atoms with E-state index in [9.17, 15) is 4.79 Å². The third kappa shape index (κ3) is 3.58. The molecule has 0 aliphatic carbocycles. The molecule has 0 amide bonds. The van der Waals surface area contributed by atoms with Gasteiger partial charge in [0.15, 0.2) is 0 Å². The molecular formula is C15H13BrO3. The molecule has 0 radical (unpaired) electrons. The third-order valence-corrected chi connectivity index (χ3v) is 3.20. The van der Waals surface area contributed by atoms with Crippen LogP contribution in [0.2, 0.25) is 0 Å².